The maximum atomic E-state index is 5.41. The van der Waals surface area contributed by atoms with E-state index in [0.717, 1.165) is 88.4 Å². The maximum Gasteiger partial charge on any atom is 0.0979 e. The van der Waals surface area contributed by atoms with E-state index in [4.69, 9.17) is 29.9 Å². The number of nitrogens with zero attached hydrogens (tertiary/aromatic N) is 6. The van der Waals surface area contributed by atoms with E-state index in [0.29, 0.717) is 11.8 Å². The van der Waals surface area contributed by atoms with Gasteiger partial charge >= 0.3 is 0 Å². The third-order valence-corrected chi connectivity index (χ3v) is 29.5. The molecular weight excluding hydrogens is 1600 g/mol. The highest BCUT2D eigenvalue weighted by Gasteiger charge is 2.25. The molecule has 0 radical (unpaired) electrons. The molecule has 0 fully saturated rings. The molecule has 6 aromatic heterocycles. The van der Waals surface area contributed by atoms with Crippen molar-refractivity contribution in [3.8, 4) is 67.2 Å². The Hall–Kier alpha value is -13.8. The first-order chi connectivity index (χ1) is 61.7. The zero-order chi connectivity index (χ0) is 86.4. The second-order valence-electron chi connectivity index (χ2n) is 37.0. The van der Waals surface area contributed by atoms with Crippen LogP contribution in [0.25, 0.3) is 225 Å². The number of aromatic nitrogens is 6. The Bertz CT molecular complexity index is 8670. The minimum atomic E-state index is 0.0263. The van der Waals surface area contributed by atoms with Crippen molar-refractivity contribution in [2.75, 3.05) is 0 Å². The number of hydrogen-bond donors (Lipinski definition) is 0. The minimum Gasteiger partial charge on any atom is -0.252 e. The quantitative estimate of drug-likeness (QED) is 0.141. The fraction of sp³-hybridized carbons (Fsp3) is 0.136. The Balaban J connectivity index is 0.000000113. The predicted octanol–water partition coefficient (Wildman–Crippen LogP) is 34.4. The van der Waals surface area contributed by atoms with Crippen LogP contribution < -0.4 is 0 Å². The second-order valence-corrected chi connectivity index (χ2v) is 40.1. The summed E-state index contributed by atoms with van der Waals surface area (Å²) in [4.78, 5) is 31.4. The lowest BCUT2D eigenvalue weighted by Gasteiger charge is -2.22. The Morgan fingerprint density at radius 2 is 0.504 bits per heavy atom. The number of thiophene rings is 3. The van der Waals surface area contributed by atoms with E-state index in [-0.39, 0.29) is 10.8 Å². The molecule has 6 nitrogen and oxygen atoms in total. The van der Waals surface area contributed by atoms with Gasteiger partial charge in [-0.3, -0.25) is 15.0 Å². The van der Waals surface area contributed by atoms with Crippen molar-refractivity contribution in [2.45, 2.75) is 106 Å². The minimum absolute atomic E-state index is 0.0263. The van der Waals surface area contributed by atoms with Gasteiger partial charge in [-0.2, -0.15) is 0 Å². The van der Waals surface area contributed by atoms with Crippen LogP contribution in [0.5, 0.6) is 0 Å². The van der Waals surface area contributed by atoms with E-state index >= 15 is 0 Å². The Kier molecular flexibility index (Phi) is 19.4. The topological polar surface area (TPSA) is 77.3 Å². The van der Waals surface area contributed by atoms with Crippen LogP contribution in [0, 0.1) is 13.8 Å². The molecule has 0 saturated carbocycles. The molecule has 612 valence electrons. The van der Waals surface area contributed by atoms with Crippen LogP contribution in [0.15, 0.2) is 328 Å². The average molecular weight is 1690 g/mol. The first-order valence-corrected chi connectivity index (χ1v) is 46.6. The van der Waals surface area contributed by atoms with Crippen molar-refractivity contribution in [3.63, 3.8) is 0 Å². The zero-order valence-corrected chi connectivity index (χ0v) is 75.7. The van der Waals surface area contributed by atoms with E-state index in [9.17, 15) is 0 Å². The number of benzene rings is 18. The molecule has 0 atom stereocenters. The molecule has 0 amide bonds. The lowest BCUT2D eigenvalue weighted by Crippen LogP contribution is -2.11. The first kappa shape index (κ1) is 79.1. The van der Waals surface area contributed by atoms with Gasteiger partial charge in [0.15, 0.2) is 0 Å². The monoisotopic (exact) mass is 1690 g/mol. The van der Waals surface area contributed by atoms with Gasteiger partial charge in [-0.1, -0.05) is 317 Å². The fourth-order valence-electron chi connectivity index (χ4n) is 19.0. The van der Waals surface area contributed by atoms with E-state index in [1.807, 2.05) is 52.6 Å². The molecule has 6 heterocycles. The molecule has 0 aliphatic rings. The average Bonchev–Trinajstić information content (AvgIpc) is 0.833. The summed E-state index contributed by atoms with van der Waals surface area (Å²) in [5, 5.41) is 22.3. The summed E-state index contributed by atoms with van der Waals surface area (Å²) in [6.07, 6.45) is 5.86. The van der Waals surface area contributed by atoms with Gasteiger partial charge in [0.25, 0.3) is 0 Å². The van der Waals surface area contributed by atoms with Crippen molar-refractivity contribution in [1.82, 2.24) is 29.9 Å². The van der Waals surface area contributed by atoms with Gasteiger partial charge in [-0.05, 0) is 197 Å². The summed E-state index contributed by atoms with van der Waals surface area (Å²) in [6.45, 7) is 26.9. The standard InChI is InChI=1S/C42H36N2S.C40H32N2S.C36H24N2S/c1-41(2,3)27-17-19-30-31-20-18-28(42(4,5)6)23-35(31)39-38(34(30)22-27)43-24-36(44-39)26-12-9-11-25(21-26)29-14-10-15-33-32-13-7-8-16-37(32)45-40(29)33;1-23(2)25-15-17-30-31-18-16-26(24(3)4)21-35(31)39-38(34(30)20-25)41-22-36(42-39)28-10-7-9-27(19-28)29-12-8-13-33-32-11-5-6-14-37(32)43-40(29)33;1-21-13-15-26-27-16-14-22(2)18-31(27)35-34(30(26)17-21)37-20-32(38-35)24-8-5-7-23(19-24)25-10-6-11-29-28-9-3-4-12-33(28)39-36(25)29/h7-24H,1-6H3;5-24H,1-4H3;3-20H,1-2H3. The first-order valence-electron chi connectivity index (χ1n) is 44.1. The Morgan fingerprint density at radius 3 is 0.850 bits per heavy atom. The summed E-state index contributed by atoms with van der Waals surface area (Å²) in [7, 11) is 0. The molecule has 18 aromatic carbocycles. The van der Waals surface area contributed by atoms with Gasteiger partial charge in [0.1, 0.15) is 0 Å². The molecule has 9 heteroatoms. The van der Waals surface area contributed by atoms with Crippen LogP contribution in [-0.2, 0) is 10.8 Å². The van der Waals surface area contributed by atoms with Crippen LogP contribution in [-0.4, -0.2) is 29.9 Å². The number of hydrogen-bond acceptors (Lipinski definition) is 9. The molecule has 0 N–H and O–H groups in total. The molecule has 0 spiro atoms. The molecule has 0 unspecified atom stereocenters. The van der Waals surface area contributed by atoms with Gasteiger partial charge in [0.2, 0.25) is 0 Å². The van der Waals surface area contributed by atoms with Gasteiger partial charge in [0.05, 0.1) is 68.8 Å². The molecule has 127 heavy (non-hydrogen) atoms. The molecule has 0 aliphatic heterocycles. The summed E-state index contributed by atoms with van der Waals surface area (Å²) in [5.41, 5.74) is 26.8. The van der Waals surface area contributed by atoms with Gasteiger partial charge in [-0.15, -0.1) is 34.0 Å². The highest BCUT2D eigenvalue weighted by atomic mass is 32.1. The largest absolute Gasteiger partial charge is 0.252 e. The summed E-state index contributed by atoms with van der Waals surface area (Å²) in [5.74, 6) is 0.877. The molecule has 0 bridgehead atoms. The fourth-order valence-corrected chi connectivity index (χ4v) is 22.7. The Labute approximate surface area is 750 Å². The van der Waals surface area contributed by atoms with Crippen LogP contribution in [0.4, 0.5) is 0 Å². The third kappa shape index (κ3) is 14.0. The number of fused-ring (bicyclic) bond motifs is 27. The van der Waals surface area contributed by atoms with Crippen molar-refractivity contribution in [2.24, 2.45) is 0 Å². The van der Waals surface area contributed by atoms with Crippen LogP contribution in [0.2, 0.25) is 0 Å². The SMILES string of the molecule is CC(C)(C)c1ccc2c3ccc(C(C)(C)C)cc3c3nc(-c4cccc(-c5cccc6c5sc5ccccc56)c4)cnc3c2c1.CC(C)c1ccc2c3ccc(C(C)C)cc3c3nc(-c4cccc(-c5cccc6c5sc5ccccc56)c4)cnc3c2c1.Cc1ccc2c3ccc(C)cc3c3nc(-c4cccc(-c5cccc6c5sc5ccccc56)c4)cnc3c2c1. The lowest BCUT2D eigenvalue weighted by atomic mass is 9.83. The number of rotatable bonds is 8. The summed E-state index contributed by atoms with van der Waals surface area (Å²) in [6, 6.07) is 113. The summed E-state index contributed by atoms with van der Waals surface area (Å²) >= 11 is 5.60. The molecule has 24 aromatic rings. The van der Waals surface area contributed by atoms with E-state index < -0.39 is 0 Å². The van der Waals surface area contributed by atoms with E-state index in [1.54, 1.807) is 0 Å². The molecule has 0 aliphatic carbocycles. The van der Waals surface area contributed by atoms with Crippen LogP contribution >= 0.6 is 34.0 Å². The molecule has 24 rings (SSSR count). The van der Waals surface area contributed by atoms with Gasteiger partial charge in [0, 0.05) is 110 Å². The Morgan fingerprint density at radius 1 is 0.228 bits per heavy atom. The van der Waals surface area contributed by atoms with E-state index in [1.165, 1.54) is 170 Å². The van der Waals surface area contributed by atoms with E-state index in [2.05, 4.69) is 392 Å². The van der Waals surface area contributed by atoms with Crippen molar-refractivity contribution in [3.05, 3.63) is 361 Å². The highest BCUT2D eigenvalue weighted by molar-refractivity contribution is 7.27. The van der Waals surface area contributed by atoms with Crippen LogP contribution in [0.3, 0.4) is 0 Å². The zero-order valence-electron chi connectivity index (χ0n) is 73.2. The van der Waals surface area contributed by atoms with Gasteiger partial charge in [-0.25, -0.2) is 15.0 Å². The van der Waals surface area contributed by atoms with Crippen molar-refractivity contribution in [1.29, 1.82) is 0 Å². The maximum absolute atomic E-state index is 5.41. The van der Waals surface area contributed by atoms with Crippen molar-refractivity contribution < 1.29 is 0 Å². The number of aryl methyl sites for hydroxylation is 2. The molecule has 0 saturated heterocycles. The molecular formula is C118H92N6S3. The van der Waals surface area contributed by atoms with Crippen LogP contribution in [0.1, 0.15) is 114 Å². The summed E-state index contributed by atoms with van der Waals surface area (Å²) < 4.78 is 7.93. The van der Waals surface area contributed by atoms with Gasteiger partial charge < -0.3 is 0 Å². The lowest BCUT2D eigenvalue weighted by molar-refractivity contribution is 0.591. The van der Waals surface area contributed by atoms with Crippen molar-refractivity contribution >= 4 is 192 Å². The second kappa shape index (κ2) is 31.1. The highest BCUT2D eigenvalue weighted by Crippen LogP contribution is 2.48. The smallest absolute Gasteiger partial charge is 0.0979 e. The normalized spacial score (nSPS) is 12.2. The predicted molar refractivity (Wildman–Crippen MR) is 550 cm³/mol. The third-order valence-electron chi connectivity index (χ3n) is 25.9.